The molecule has 0 atom stereocenters. The van der Waals surface area contributed by atoms with E-state index in [1.54, 1.807) is 12.1 Å². The topological polar surface area (TPSA) is 50.8 Å². The average molecular weight is 225 g/mol. The molecule has 0 fully saturated rings. The maximum atomic E-state index is 8.48. The van der Waals surface area contributed by atoms with Gasteiger partial charge in [-0.05, 0) is 13.8 Å². The SMILES string of the molecule is CCN(CC)C(=S)SC=C(C#N)C#N. The number of thiocarbonyl (C=S) groups is 1. The van der Waals surface area contributed by atoms with E-state index in [1.165, 1.54) is 17.2 Å². The molecule has 0 unspecified atom stereocenters. The molecule has 0 bridgehead atoms. The van der Waals surface area contributed by atoms with Gasteiger partial charge < -0.3 is 4.90 Å². The summed E-state index contributed by atoms with van der Waals surface area (Å²) in [5.41, 5.74) is 0.0875. The van der Waals surface area contributed by atoms with Gasteiger partial charge in [0.1, 0.15) is 22.0 Å². The molecule has 74 valence electrons. The van der Waals surface area contributed by atoms with E-state index in [1.807, 2.05) is 18.7 Å². The summed E-state index contributed by atoms with van der Waals surface area (Å²) in [5.74, 6) is 0. The molecule has 14 heavy (non-hydrogen) atoms. The van der Waals surface area contributed by atoms with Gasteiger partial charge in [0.15, 0.2) is 0 Å². The van der Waals surface area contributed by atoms with Crippen LogP contribution < -0.4 is 0 Å². The van der Waals surface area contributed by atoms with E-state index in [0.29, 0.717) is 4.32 Å². The van der Waals surface area contributed by atoms with E-state index < -0.39 is 0 Å². The third kappa shape index (κ3) is 4.27. The third-order valence-corrected chi connectivity index (χ3v) is 2.90. The Morgan fingerprint density at radius 2 is 1.86 bits per heavy atom. The van der Waals surface area contributed by atoms with Crippen LogP contribution in [0.4, 0.5) is 0 Å². The largest absolute Gasteiger partial charge is 0.358 e. The Morgan fingerprint density at radius 1 is 1.36 bits per heavy atom. The van der Waals surface area contributed by atoms with Crippen LogP contribution in [-0.2, 0) is 0 Å². The van der Waals surface area contributed by atoms with Crippen molar-refractivity contribution in [2.24, 2.45) is 0 Å². The van der Waals surface area contributed by atoms with Gasteiger partial charge in [-0.25, -0.2) is 0 Å². The number of allylic oxidation sites excluding steroid dienone is 1. The minimum atomic E-state index is 0.0875. The summed E-state index contributed by atoms with van der Waals surface area (Å²) in [7, 11) is 0. The summed E-state index contributed by atoms with van der Waals surface area (Å²) in [6, 6.07) is 3.57. The van der Waals surface area contributed by atoms with Gasteiger partial charge in [0.25, 0.3) is 0 Å². The van der Waals surface area contributed by atoms with Crippen molar-refractivity contribution in [2.75, 3.05) is 13.1 Å². The van der Waals surface area contributed by atoms with Crippen LogP contribution in [0.25, 0.3) is 0 Å². The highest BCUT2D eigenvalue weighted by Crippen LogP contribution is 2.12. The number of hydrogen-bond acceptors (Lipinski definition) is 4. The number of nitrogens with zero attached hydrogens (tertiary/aromatic N) is 3. The van der Waals surface area contributed by atoms with Gasteiger partial charge in [0, 0.05) is 18.5 Å². The molecule has 0 rings (SSSR count). The minimum Gasteiger partial charge on any atom is -0.358 e. The predicted octanol–water partition coefficient (Wildman–Crippen LogP) is 2.28. The first kappa shape index (κ1) is 13.0. The van der Waals surface area contributed by atoms with Crippen molar-refractivity contribution in [3.05, 3.63) is 11.0 Å². The lowest BCUT2D eigenvalue weighted by atomic mass is 10.4. The highest BCUT2D eigenvalue weighted by atomic mass is 32.2. The molecule has 0 N–H and O–H groups in total. The molecule has 0 aliphatic rings. The maximum Gasteiger partial charge on any atom is 0.140 e. The summed E-state index contributed by atoms with van der Waals surface area (Å²) in [4.78, 5) is 1.99. The Hall–Kier alpha value is -1.04. The Kier molecular flexibility index (Phi) is 6.82. The summed E-state index contributed by atoms with van der Waals surface area (Å²) >= 11 is 6.35. The molecule has 0 aromatic rings. The molecular formula is C9H11N3S2. The first-order chi connectivity index (χ1) is 6.69. The average Bonchev–Trinajstić information content (AvgIpc) is 2.21. The quantitative estimate of drug-likeness (QED) is 0.545. The van der Waals surface area contributed by atoms with Crippen LogP contribution in [0.1, 0.15) is 13.8 Å². The molecule has 0 heterocycles. The van der Waals surface area contributed by atoms with E-state index in [4.69, 9.17) is 22.7 Å². The van der Waals surface area contributed by atoms with Crippen molar-refractivity contribution in [1.29, 1.82) is 10.5 Å². The van der Waals surface area contributed by atoms with Crippen molar-refractivity contribution >= 4 is 28.3 Å². The zero-order chi connectivity index (χ0) is 11.0. The van der Waals surface area contributed by atoms with Gasteiger partial charge in [0.2, 0.25) is 0 Å². The van der Waals surface area contributed by atoms with E-state index in [-0.39, 0.29) is 5.57 Å². The van der Waals surface area contributed by atoms with Crippen molar-refractivity contribution < 1.29 is 0 Å². The first-order valence-corrected chi connectivity index (χ1v) is 5.44. The Bertz CT molecular complexity index is 289. The number of hydrogen-bond donors (Lipinski definition) is 0. The molecule has 0 radical (unpaired) electrons. The van der Waals surface area contributed by atoms with Crippen LogP contribution >= 0.6 is 24.0 Å². The first-order valence-electron chi connectivity index (χ1n) is 4.15. The lowest BCUT2D eigenvalue weighted by molar-refractivity contribution is 0.482. The Labute approximate surface area is 94.0 Å². The molecule has 0 saturated heterocycles. The van der Waals surface area contributed by atoms with Crippen LogP contribution in [0, 0.1) is 22.7 Å². The second-order valence-corrected chi connectivity index (χ2v) is 3.81. The van der Waals surface area contributed by atoms with Gasteiger partial charge >= 0.3 is 0 Å². The summed E-state index contributed by atoms with van der Waals surface area (Å²) in [6.07, 6.45) is 0. The summed E-state index contributed by atoms with van der Waals surface area (Å²) in [6.45, 7) is 5.69. The molecule has 0 saturated carbocycles. The minimum absolute atomic E-state index is 0.0875. The zero-order valence-electron chi connectivity index (χ0n) is 8.15. The highest BCUT2D eigenvalue weighted by molar-refractivity contribution is 8.24. The van der Waals surface area contributed by atoms with Crippen molar-refractivity contribution in [2.45, 2.75) is 13.8 Å². The lowest BCUT2D eigenvalue weighted by Gasteiger charge is -2.19. The van der Waals surface area contributed by atoms with Crippen molar-refractivity contribution in [3.63, 3.8) is 0 Å². The van der Waals surface area contributed by atoms with Crippen LogP contribution in [0.2, 0.25) is 0 Å². The fourth-order valence-electron chi connectivity index (χ4n) is 0.743. The van der Waals surface area contributed by atoms with E-state index in [0.717, 1.165) is 13.1 Å². The van der Waals surface area contributed by atoms with Crippen LogP contribution in [0.3, 0.4) is 0 Å². The fourth-order valence-corrected chi connectivity index (χ4v) is 1.88. The van der Waals surface area contributed by atoms with Crippen LogP contribution in [0.5, 0.6) is 0 Å². The van der Waals surface area contributed by atoms with Crippen LogP contribution in [-0.4, -0.2) is 22.3 Å². The number of rotatable bonds is 3. The normalized spacial score (nSPS) is 8.29. The number of thioether (sulfide) groups is 1. The monoisotopic (exact) mass is 225 g/mol. The van der Waals surface area contributed by atoms with Crippen molar-refractivity contribution in [1.82, 2.24) is 4.90 Å². The van der Waals surface area contributed by atoms with Crippen molar-refractivity contribution in [3.8, 4) is 12.1 Å². The Morgan fingerprint density at radius 3 is 2.21 bits per heavy atom. The maximum absolute atomic E-state index is 8.48. The lowest BCUT2D eigenvalue weighted by Crippen LogP contribution is -2.26. The molecule has 0 amide bonds. The second kappa shape index (κ2) is 7.37. The second-order valence-electron chi connectivity index (χ2n) is 2.31. The molecule has 0 aromatic carbocycles. The molecule has 0 spiro atoms. The molecule has 0 aromatic heterocycles. The van der Waals surface area contributed by atoms with Crippen LogP contribution in [0.15, 0.2) is 11.0 Å². The molecule has 0 aliphatic heterocycles. The predicted molar refractivity (Wildman–Crippen MR) is 62.4 cm³/mol. The Balaban J connectivity index is 4.29. The van der Waals surface area contributed by atoms with Gasteiger partial charge in [-0.3, -0.25) is 0 Å². The summed E-state index contributed by atoms with van der Waals surface area (Å²) < 4.78 is 0.693. The van der Waals surface area contributed by atoms with Gasteiger partial charge in [-0.2, -0.15) is 10.5 Å². The van der Waals surface area contributed by atoms with E-state index in [2.05, 4.69) is 0 Å². The third-order valence-electron chi connectivity index (χ3n) is 1.54. The van der Waals surface area contributed by atoms with E-state index in [9.17, 15) is 0 Å². The summed E-state index contributed by atoms with van der Waals surface area (Å²) in [5, 5.41) is 18.4. The smallest absolute Gasteiger partial charge is 0.140 e. The number of nitriles is 2. The van der Waals surface area contributed by atoms with Gasteiger partial charge in [-0.1, -0.05) is 24.0 Å². The standard InChI is InChI=1S/C9H11N3S2/c1-3-12(4-2)9(13)14-7-8(5-10)6-11/h7H,3-4H2,1-2H3. The van der Waals surface area contributed by atoms with Gasteiger partial charge in [-0.15, -0.1) is 0 Å². The molecule has 0 aliphatic carbocycles. The molecule has 5 heteroatoms. The highest BCUT2D eigenvalue weighted by Gasteiger charge is 2.04. The van der Waals surface area contributed by atoms with Gasteiger partial charge in [0.05, 0.1) is 0 Å². The fraction of sp³-hybridized carbons (Fsp3) is 0.444. The molecule has 3 nitrogen and oxygen atoms in total. The van der Waals surface area contributed by atoms with E-state index >= 15 is 0 Å². The zero-order valence-corrected chi connectivity index (χ0v) is 9.78. The molecular weight excluding hydrogens is 214 g/mol.